The fraction of sp³-hybridized carbons (Fsp3) is 0.107. The molecule has 5 heteroatoms. The summed E-state index contributed by atoms with van der Waals surface area (Å²) in [4.78, 5) is 16.4. The van der Waals surface area contributed by atoms with E-state index in [0.29, 0.717) is 18.1 Å². The van der Waals surface area contributed by atoms with Gasteiger partial charge in [0.05, 0.1) is 22.5 Å². The van der Waals surface area contributed by atoms with E-state index < -0.39 is 0 Å². The van der Waals surface area contributed by atoms with Crippen LogP contribution in [0.15, 0.2) is 91.0 Å². The molecule has 1 N–H and O–H groups in total. The number of nitrogens with one attached hydrogen (secondary N) is 1. The van der Waals surface area contributed by atoms with Crippen LogP contribution < -0.4 is 4.74 Å². The molecule has 2 aromatic heterocycles. The lowest BCUT2D eigenvalue weighted by molar-refractivity contribution is 0.0532. The first kappa shape index (κ1) is 21.0. The SMILES string of the molecule is CCOC(=O)c1cc2[nH]c(-c3ccc(OCc4ccccc4)cc3)c(-c3ccccc3)c2s1. The number of hydrogen-bond donors (Lipinski definition) is 1. The Labute approximate surface area is 196 Å². The quantitative estimate of drug-likeness (QED) is 0.263. The molecule has 164 valence electrons. The predicted octanol–water partition coefficient (Wildman–Crippen LogP) is 7.32. The van der Waals surface area contributed by atoms with Crippen LogP contribution in [0.1, 0.15) is 22.2 Å². The molecule has 0 spiro atoms. The molecule has 0 aliphatic rings. The molecule has 0 fully saturated rings. The van der Waals surface area contributed by atoms with Gasteiger partial charge in [-0.1, -0.05) is 60.7 Å². The zero-order chi connectivity index (χ0) is 22.6. The number of carbonyl (C=O) groups excluding carboxylic acids is 1. The highest BCUT2D eigenvalue weighted by molar-refractivity contribution is 7.21. The van der Waals surface area contributed by atoms with E-state index in [1.807, 2.05) is 61.5 Å². The number of hydrogen-bond acceptors (Lipinski definition) is 4. The van der Waals surface area contributed by atoms with Crippen molar-refractivity contribution in [1.29, 1.82) is 0 Å². The normalized spacial score (nSPS) is 10.9. The number of aromatic nitrogens is 1. The van der Waals surface area contributed by atoms with Gasteiger partial charge >= 0.3 is 5.97 Å². The van der Waals surface area contributed by atoms with Crippen molar-refractivity contribution in [3.63, 3.8) is 0 Å². The Morgan fingerprint density at radius 2 is 1.58 bits per heavy atom. The Morgan fingerprint density at radius 3 is 2.27 bits per heavy atom. The summed E-state index contributed by atoms with van der Waals surface area (Å²) in [5.74, 6) is 0.536. The van der Waals surface area contributed by atoms with Gasteiger partial charge in [0.2, 0.25) is 0 Å². The van der Waals surface area contributed by atoms with Crippen LogP contribution in [0.5, 0.6) is 5.75 Å². The Bertz CT molecular complexity index is 1370. The molecule has 2 heterocycles. The molecule has 0 saturated carbocycles. The van der Waals surface area contributed by atoms with Gasteiger partial charge in [0.1, 0.15) is 17.2 Å². The molecule has 0 amide bonds. The second-order valence-corrected chi connectivity index (χ2v) is 8.67. The van der Waals surface area contributed by atoms with Gasteiger partial charge in [-0.2, -0.15) is 0 Å². The van der Waals surface area contributed by atoms with Crippen LogP contribution in [0.3, 0.4) is 0 Å². The van der Waals surface area contributed by atoms with Crippen molar-refractivity contribution in [2.45, 2.75) is 13.5 Å². The molecule has 5 aromatic rings. The van der Waals surface area contributed by atoms with E-state index in [9.17, 15) is 4.79 Å². The molecular weight excluding hydrogens is 430 g/mol. The first-order valence-electron chi connectivity index (χ1n) is 10.9. The third kappa shape index (κ3) is 4.41. The minimum absolute atomic E-state index is 0.285. The smallest absolute Gasteiger partial charge is 0.348 e. The summed E-state index contributed by atoms with van der Waals surface area (Å²) in [6.07, 6.45) is 0. The highest BCUT2D eigenvalue weighted by Crippen LogP contribution is 2.42. The first-order chi connectivity index (χ1) is 16.2. The lowest BCUT2D eigenvalue weighted by Crippen LogP contribution is -2.01. The molecule has 0 atom stereocenters. The molecule has 0 radical (unpaired) electrons. The second-order valence-electron chi connectivity index (χ2n) is 7.61. The van der Waals surface area contributed by atoms with Crippen molar-refractivity contribution in [2.24, 2.45) is 0 Å². The first-order valence-corrected chi connectivity index (χ1v) is 11.7. The fourth-order valence-corrected chi connectivity index (χ4v) is 4.92. The van der Waals surface area contributed by atoms with Crippen molar-refractivity contribution < 1.29 is 14.3 Å². The molecule has 5 rings (SSSR count). The van der Waals surface area contributed by atoms with E-state index >= 15 is 0 Å². The maximum atomic E-state index is 12.3. The number of H-pyrrole nitrogens is 1. The number of carbonyl (C=O) groups is 1. The van der Waals surface area contributed by atoms with Crippen LogP contribution in [-0.4, -0.2) is 17.6 Å². The van der Waals surface area contributed by atoms with E-state index in [1.54, 1.807) is 0 Å². The van der Waals surface area contributed by atoms with Crippen LogP contribution in [0.4, 0.5) is 0 Å². The number of thiophene rings is 1. The third-order valence-electron chi connectivity index (χ3n) is 5.40. The molecule has 0 aliphatic carbocycles. The van der Waals surface area contributed by atoms with Crippen LogP contribution in [0.25, 0.3) is 32.6 Å². The monoisotopic (exact) mass is 453 g/mol. The van der Waals surface area contributed by atoms with Crippen LogP contribution >= 0.6 is 11.3 Å². The van der Waals surface area contributed by atoms with Crippen molar-refractivity contribution in [3.05, 3.63) is 101 Å². The topological polar surface area (TPSA) is 51.3 Å². The largest absolute Gasteiger partial charge is 0.489 e. The van der Waals surface area contributed by atoms with E-state index in [-0.39, 0.29) is 5.97 Å². The standard InChI is InChI=1S/C28H23NO3S/c1-2-31-28(30)24-17-23-27(33-24)25(20-11-7-4-8-12-20)26(29-23)21-13-15-22(16-14-21)32-18-19-9-5-3-6-10-19/h3-17,29H,2,18H2,1H3. The number of aromatic amines is 1. The van der Waals surface area contributed by atoms with Gasteiger partial charge in [0.25, 0.3) is 0 Å². The Balaban J connectivity index is 1.49. The van der Waals surface area contributed by atoms with E-state index in [1.165, 1.54) is 11.3 Å². The summed E-state index contributed by atoms with van der Waals surface area (Å²) in [6, 6.07) is 30.4. The van der Waals surface area contributed by atoms with E-state index in [4.69, 9.17) is 9.47 Å². The zero-order valence-electron chi connectivity index (χ0n) is 18.2. The number of fused-ring (bicyclic) bond motifs is 1. The van der Waals surface area contributed by atoms with Crippen LogP contribution in [0, 0.1) is 0 Å². The number of rotatable bonds is 7. The maximum absolute atomic E-state index is 12.3. The fourth-order valence-electron chi connectivity index (χ4n) is 3.84. The predicted molar refractivity (Wildman–Crippen MR) is 134 cm³/mol. The van der Waals surface area contributed by atoms with Gasteiger partial charge in [-0.25, -0.2) is 4.79 Å². The summed E-state index contributed by atoms with van der Waals surface area (Å²) >= 11 is 1.46. The van der Waals surface area contributed by atoms with E-state index in [0.717, 1.165) is 43.9 Å². The van der Waals surface area contributed by atoms with Crippen LogP contribution in [-0.2, 0) is 11.3 Å². The summed E-state index contributed by atoms with van der Waals surface area (Å²) < 4.78 is 12.2. The van der Waals surface area contributed by atoms with Crippen molar-refractivity contribution >= 4 is 27.5 Å². The molecule has 0 bridgehead atoms. The zero-order valence-corrected chi connectivity index (χ0v) is 19.0. The van der Waals surface area contributed by atoms with Gasteiger partial charge in [-0.15, -0.1) is 11.3 Å². The van der Waals surface area contributed by atoms with Crippen molar-refractivity contribution in [3.8, 4) is 28.1 Å². The van der Waals surface area contributed by atoms with Crippen LogP contribution in [0.2, 0.25) is 0 Å². The van der Waals surface area contributed by atoms with Gasteiger partial charge in [-0.05, 0) is 53.9 Å². The molecule has 4 nitrogen and oxygen atoms in total. The number of ether oxygens (including phenoxy) is 2. The van der Waals surface area contributed by atoms with Crippen molar-refractivity contribution in [2.75, 3.05) is 6.61 Å². The maximum Gasteiger partial charge on any atom is 0.348 e. The highest BCUT2D eigenvalue weighted by atomic mass is 32.1. The second kappa shape index (κ2) is 9.35. The third-order valence-corrected chi connectivity index (χ3v) is 6.53. The molecule has 33 heavy (non-hydrogen) atoms. The molecule has 0 unspecified atom stereocenters. The average Bonchev–Trinajstić information content (AvgIpc) is 3.43. The summed E-state index contributed by atoms with van der Waals surface area (Å²) in [7, 11) is 0. The Morgan fingerprint density at radius 1 is 0.879 bits per heavy atom. The number of benzene rings is 3. The Hall–Kier alpha value is -3.83. The highest BCUT2D eigenvalue weighted by Gasteiger charge is 2.20. The average molecular weight is 454 g/mol. The van der Waals surface area contributed by atoms with Crippen molar-refractivity contribution in [1.82, 2.24) is 4.98 Å². The summed E-state index contributed by atoms with van der Waals surface area (Å²) in [5.41, 5.74) is 6.33. The number of esters is 1. The van der Waals surface area contributed by atoms with Gasteiger partial charge < -0.3 is 14.5 Å². The molecule has 3 aromatic carbocycles. The Kier molecular flexibility index (Phi) is 5.96. The minimum atomic E-state index is -0.285. The summed E-state index contributed by atoms with van der Waals surface area (Å²) in [6.45, 7) is 2.71. The molecule has 0 aliphatic heterocycles. The molecule has 0 saturated heterocycles. The van der Waals surface area contributed by atoms with Gasteiger partial charge in [0.15, 0.2) is 0 Å². The summed E-state index contributed by atoms with van der Waals surface area (Å²) in [5, 5.41) is 0. The van der Waals surface area contributed by atoms with Gasteiger partial charge in [-0.3, -0.25) is 0 Å². The minimum Gasteiger partial charge on any atom is -0.489 e. The lowest BCUT2D eigenvalue weighted by atomic mass is 10.0. The molecular formula is C28H23NO3S. The van der Waals surface area contributed by atoms with Gasteiger partial charge in [0, 0.05) is 5.56 Å². The van der Waals surface area contributed by atoms with E-state index in [2.05, 4.69) is 41.4 Å². The lowest BCUT2D eigenvalue weighted by Gasteiger charge is -2.09.